The first kappa shape index (κ1) is 49.9. The molecule has 56 heavy (non-hydrogen) atoms. The van der Waals surface area contributed by atoms with Gasteiger partial charge in [-0.1, -0.05) is 29.8 Å². The molecule has 0 saturated heterocycles. The third-order valence-corrected chi connectivity index (χ3v) is 7.95. The molecule has 0 saturated carbocycles. The van der Waals surface area contributed by atoms with E-state index >= 15 is 0 Å². The van der Waals surface area contributed by atoms with Crippen molar-refractivity contribution in [1.29, 1.82) is 0 Å². The number of halogens is 1. The number of carbonyl (C=O) groups is 6. The Morgan fingerprint density at radius 2 is 1.07 bits per heavy atom. The number of nitrogens with one attached hydrogen (secondary N) is 3. The van der Waals surface area contributed by atoms with Crippen LogP contribution >= 0.6 is 11.6 Å². The second-order valence-electron chi connectivity index (χ2n) is 17.8. The molecule has 14 nitrogen and oxygen atoms in total. The van der Waals surface area contributed by atoms with Crippen molar-refractivity contribution >= 4 is 47.6 Å². The second kappa shape index (κ2) is 22.0. The fraction of sp³-hybridized carbons (Fsp3) is 0.707. The molecule has 0 aromatic heterocycles. The Morgan fingerprint density at radius 1 is 0.625 bits per heavy atom. The maximum absolute atomic E-state index is 14.3. The van der Waals surface area contributed by atoms with Crippen molar-refractivity contribution in [1.82, 2.24) is 16.0 Å². The molecule has 0 unspecified atom stereocenters. The van der Waals surface area contributed by atoms with Crippen LogP contribution in [0.3, 0.4) is 0 Å². The zero-order valence-electron chi connectivity index (χ0n) is 35.5. The first-order valence-corrected chi connectivity index (χ1v) is 19.6. The van der Waals surface area contributed by atoms with Gasteiger partial charge in [-0.15, -0.1) is 0 Å². The highest BCUT2D eigenvalue weighted by molar-refractivity contribution is 6.31. The third-order valence-electron chi connectivity index (χ3n) is 7.58. The summed E-state index contributed by atoms with van der Waals surface area (Å²) in [7, 11) is 0. The van der Waals surface area contributed by atoms with Gasteiger partial charge in [0.15, 0.2) is 0 Å². The molecule has 0 heterocycles. The van der Waals surface area contributed by atoms with E-state index in [1.807, 2.05) is 0 Å². The van der Waals surface area contributed by atoms with Crippen LogP contribution in [0.1, 0.15) is 146 Å². The number of rotatable bonds is 19. The standard InChI is InChI=1S/C41H66ClN3O11/c1-37(2,3)53-31(46)20-23-41(24-21-32(47)54-38(4,5)6,25-22-33(48)55-39(7,8)9)45-34(49)30(44-36(51)56-40(10,11)12)19-15-16-26-43-35(50)52-27-28-17-13-14-18-29(28)42/h13-14,17-18,30H,15-16,19-27H2,1-12H3,(H,43,50)(H,44,51)(H,45,49)/t30-/m1/s1. The molecule has 318 valence electrons. The van der Waals surface area contributed by atoms with Gasteiger partial charge in [0.2, 0.25) is 5.91 Å². The minimum atomic E-state index is -1.32. The Hall–Kier alpha value is -4.07. The van der Waals surface area contributed by atoms with Gasteiger partial charge in [0.25, 0.3) is 0 Å². The number of benzene rings is 1. The molecular weight excluding hydrogens is 746 g/mol. The Morgan fingerprint density at radius 3 is 1.50 bits per heavy atom. The van der Waals surface area contributed by atoms with E-state index in [1.165, 1.54) is 0 Å². The normalized spacial score (nSPS) is 12.8. The molecular formula is C41H66ClN3O11. The van der Waals surface area contributed by atoms with Crippen LogP contribution in [0, 0.1) is 0 Å². The number of unbranched alkanes of at least 4 members (excludes halogenated alkanes) is 1. The molecule has 3 N–H and O–H groups in total. The lowest BCUT2D eigenvalue weighted by Gasteiger charge is -2.37. The summed E-state index contributed by atoms with van der Waals surface area (Å²) in [6.07, 6.45) is -1.01. The highest BCUT2D eigenvalue weighted by atomic mass is 35.5. The number of ether oxygens (including phenoxy) is 5. The number of hydrogen-bond acceptors (Lipinski definition) is 11. The van der Waals surface area contributed by atoms with Gasteiger partial charge in [-0.3, -0.25) is 19.2 Å². The van der Waals surface area contributed by atoms with Crippen molar-refractivity contribution in [2.75, 3.05) is 6.54 Å². The molecule has 1 rings (SSSR count). The number of amides is 3. The van der Waals surface area contributed by atoms with Crippen LogP contribution in [0.5, 0.6) is 0 Å². The predicted octanol–water partition coefficient (Wildman–Crippen LogP) is 7.85. The molecule has 0 bridgehead atoms. The van der Waals surface area contributed by atoms with E-state index in [0.717, 1.165) is 0 Å². The van der Waals surface area contributed by atoms with Gasteiger partial charge in [-0.25, -0.2) is 9.59 Å². The Bertz CT molecular complexity index is 1390. The zero-order valence-corrected chi connectivity index (χ0v) is 36.3. The van der Waals surface area contributed by atoms with Crippen molar-refractivity contribution in [3.63, 3.8) is 0 Å². The summed E-state index contributed by atoms with van der Waals surface area (Å²) in [5, 5.41) is 8.82. The van der Waals surface area contributed by atoms with Gasteiger partial charge in [0.1, 0.15) is 35.1 Å². The molecule has 0 radical (unpaired) electrons. The molecule has 0 fully saturated rings. The van der Waals surface area contributed by atoms with Crippen LogP contribution in [-0.4, -0.2) is 76.5 Å². The zero-order chi connectivity index (χ0) is 43.0. The van der Waals surface area contributed by atoms with Crippen molar-refractivity contribution < 1.29 is 52.5 Å². The minimum Gasteiger partial charge on any atom is -0.460 e. The van der Waals surface area contributed by atoms with Crippen LogP contribution < -0.4 is 16.0 Å². The molecule has 1 atom stereocenters. The van der Waals surface area contributed by atoms with E-state index < -0.39 is 70.0 Å². The number of esters is 3. The quantitative estimate of drug-likeness (QED) is 0.0702. The van der Waals surface area contributed by atoms with Gasteiger partial charge in [0.05, 0.1) is 0 Å². The van der Waals surface area contributed by atoms with E-state index in [0.29, 0.717) is 23.4 Å². The summed E-state index contributed by atoms with van der Waals surface area (Å²) in [5.74, 6) is -2.23. The highest BCUT2D eigenvalue weighted by Gasteiger charge is 2.38. The van der Waals surface area contributed by atoms with Crippen LogP contribution in [0.25, 0.3) is 0 Å². The second-order valence-corrected chi connectivity index (χ2v) is 18.2. The van der Waals surface area contributed by atoms with E-state index in [4.69, 9.17) is 35.3 Å². The fourth-order valence-corrected chi connectivity index (χ4v) is 5.50. The van der Waals surface area contributed by atoms with E-state index in [1.54, 1.807) is 107 Å². The summed E-state index contributed by atoms with van der Waals surface area (Å²) >= 11 is 6.14. The minimum absolute atomic E-state index is 0.00136. The van der Waals surface area contributed by atoms with Crippen LogP contribution in [0.4, 0.5) is 9.59 Å². The monoisotopic (exact) mass is 811 g/mol. The predicted molar refractivity (Wildman–Crippen MR) is 213 cm³/mol. The average Bonchev–Trinajstić information content (AvgIpc) is 3.01. The summed E-state index contributed by atoms with van der Waals surface area (Å²) in [5.41, 5.74) is -3.86. The molecule has 3 amide bonds. The van der Waals surface area contributed by atoms with Crippen molar-refractivity contribution in [3.8, 4) is 0 Å². The van der Waals surface area contributed by atoms with Crippen LogP contribution in [0.15, 0.2) is 24.3 Å². The lowest BCUT2D eigenvalue weighted by molar-refractivity contribution is -0.155. The van der Waals surface area contributed by atoms with E-state index in [2.05, 4.69) is 16.0 Å². The Balaban J connectivity index is 3.33. The van der Waals surface area contributed by atoms with E-state index in [-0.39, 0.29) is 58.1 Å². The van der Waals surface area contributed by atoms with Gasteiger partial charge < -0.3 is 39.6 Å². The fourth-order valence-electron chi connectivity index (χ4n) is 5.30. The van der Waals surface area contributed by atoms with E-state index in [9.17, 15) is 28.8 Å². The van der Waals surface area contributed by atoms with Crippen molar-refractivity contribution in [3.05, 3.63) is 34.9 Å². The number of hydrogen-bond donors (Lipinski definition) is 3. The summed E-state index contributed by atoms with van der Waals surface area (Å²) < 4.78 is 27.4. The van der Waals surface area contributed by atoms with Gasteiger partial charge in [0, 0.05) is 41.9 Å². The molecule has 0 aliphatic rings. The van der Waals surface area contributed by atoms with Crippen LogP contribution in [-0.2, 0) is 49.5 Å². The smallest absolute Gasteiger partial charge is 0.408 e. The summed E-state index contributed by atoms with van der Waals surface area (Å²) in [6, 6.07) is 5.87. The maximum atomic E-state index is 14.3. The first-order valence-electron chi connectivity index (χ1n) is 19.2. The Kier molecular flexibility index (Phi) is 19.6. The molecule has 15 heteroatoms. The number of carbonyl (C=O) groups excluding carboxylic acids is 6. The maximum Gasteiger partial charge on any atom is 0.408 e. The molecule has 1 aromatic carbocycles. The van der Waals surface area contributed by atoms with Crippen molar-refractivity contribution in [2.24, 2.45) is 0 Å². The SMILES string of the molecule is CC(C)(C)OC(=O)CCC(CCC(=O)OC(C)(C)C)(CCC(=O)OC(C)(C)C)NC(=O)[C@@H](CCCCNC(=O)OCc1ccccc1Cl)NC(=O)OC(C)(C)C. The number of alkyl carbamates (subject to hydrolysis) is 2. The molecule has 0 spiro atoms. The topological polar surface area (TPSA) is 185 Å². The molecule has 0 aliphatic heterocycles. The van der Waals surface area contributed by atoms with Crippen LogP contribution in [0.2, 0.25) is 5.02 Å². The largest absolute Gasteiger partial charge is 0.460 e. The van der Waals surface area contributed by atoms with Gasteiger partial charge >= 0.3 is 30.1 Å². The highest BCUT2D eigenvalue weighted by Crippen LogP contribution is 2.29. The third kappa shape index (κ3) is 23.8. The van der Waals surface area contributed by atoms with Crippen molar-refractivity contribution in [2.45, 2.75) is 181 Å². The first-order chi connectivity index (χ1) is 25.6. The van der Waals surface area contributed by atoms with Gasteiger partial charge in [-0.2, -0.15) is 0 Å². The lowest BCUT2D eigenvalue weighted by Crippen LogP contribution is -2.56. The molecule has 0 aliphatic carbocycles. The Labute approximate surface area is 338 Å². The molecule has 1 aromatic rings. The summed E-state index contributed by atoms with van der Waals surface area (Å²) in [6.45, 7) is 20.9. The van der Waals surface area contributed by atoms with Gasteiger partial charge in [-0.05, 0) is 128 Å². The average molecular weight is 812 g/mol. The lowest BCUT2D eigenvalue weighted by atomic mass is 9.83. The summed E-state index contributed by atoms with van der Waals surface area (Å²) in [4.78, 5) is 78.6.